The molecule has 1 atom stereocenters. The first kappa shape index (κ1) is 17.9. The predicted octanol–water partition coefficient (Wildman–Crippen LogP) is 1.69. The number of nitrogens with one attached hydrogen (secondary N) is 1. The number of hydrogen-bond donors (Lipinski definition) is 2. The van der Waals surface area contributed by atoms with Crippen LogP contribution in [0.1, 0.15) is 11.5 Å². The van der Waals surface area contributed by atoms with Crippen molar-refractivity contribution in [2.45, 2.75) is 12.1 Å². The van der Waals surface area contributed by atoms with Crippen LogP contribution in [0, 0.1) is 5.82 Å². The molecule has 2 N–H and O–H groups in total. The zero-order chi connectivity index (χ0) is 16.8. The number of ether oxygens (including phenoxy) is 1. The van der Waals surface area contributed by atoms with Gasteiger partial charge < -0.3 is 15.2 Å². The number of hydrogen-bond acceptors (Lipinski definition) is 3. The molecule has 0 fully saturated rings. The molecule has 0 bridgehead atoms. The average molecular weight is 323 g/mol. The lowest BCUT2D eigenvalue weighted by atomic mass is 9.99. The van der Waals surface area contributed by atoms with Crippen molar-refractivity contribution < 1.29 is 37.0 Å². The Bertz CT molecular complexity index is 516. The summed E-state index contributed by atoms with van der Waals surface area (Å²) in [4.78, 5) is 22.4. The molecule has 1 unspecified atom stereocenters. The third-order valence-electron chi connectivity index (χ3n) is 2.57. The molecule has 0 spiro atoms. The number of amides is 1. The molecule has 1 amide bonds. The van der Waals surface area contributed by atoms with Crippen molar-refractivity contribution in [1.29, 1.82) is 0 Å². The number of alkyl halides is 3. The number of rotatable bonds is 7. The van der Waals surface area contributed by atoms with Gasteiger partial charge in [0.2, 0.25) is 5.91 Å². The molecule has 0 aromatic heterocycles. The summed E-state index contributed by atoms with van der Waals surface area (Å²) in [6.45, 7) is -2.76. The van der Waals surface area contributed by atoms with E-state index in [1.807, 2.05) is 0 Å². The average Bonchev–Trinajstić information content (AvgIpc) is 2.39. The smallest absolute Gasteiger partial charge is 0.411 e. The Balaban J connectivity index is 2.50. The van der Waals surface area contributed by atoms with Gasteiger partial charge in [-0.05, 0) is 17.7 Å². The van der Waals surface area contributed by atoms with Crippen molar-refractivity contribution in [3.05, 3.63) is 35.6 Å². The summed E-state index contributed by atoms with van der Waals surface area (Å²) in [5.41, 5.74) is 0.255. The van der Waals surface area contributed by atoms with Crippen LogP contribution in [0.4, 0.5) is 17.6 Å². The molecule has 5 nitrogen and oxygen atoms in total. The summed E-state index contributed by atoms with van der Waals surface area (Å²) in [6, 6.07) is 4.64. The van der Waals surface area contributed by atoms with E-state index in [9.17, 15) is 27.2 Å². The molecule has 1 aromatic carbocycles. The van der Waals surface area contributed by atoms with Gasteiger partial charge in [-0.2, -0.15) is 13.2 Å². The van der Waals surface area contributed by atoms with Gasteiger partial charge in [0.1, 0.15) is 19.0 Å². The van der Waals surface area contributed by atoms with Gasteiger partial charge >= 0.3 is 12.1 Å². The second kappa shape index (κ2) is 7.74. The Morgan fingerprint density at radius 2 is 1.82 bits per heavy atom. The Labute approximate surface area is 122 Å². The zero-order valence-electron chi connectivity index (χ0n) is 11.2. The number of carbonyl (C=O) groups excluding carboxylic acids is 1. The number of carboxylic acids is 1. The molecule has 0 heterocycles. The fourth-order valence-electron chi connectivity index (χ4n) is 1.57. The third-order valence-corrected chi connectivity index (χ3v) is 2.57. The van der Waals surface area contributed by atoms with Crippen molar-refractivity contribution in [3.8, 4) is 0 Å². The van der Waals surface area contributed by atoms with Crippen LogP contribution in [-0.4, -0.2) is 42.9 Å². The zero-order valence-corrected chi connectivity index (χ0v) is 11.2. The van der Waals surface area contributed by atoms with Crippen molar-refractivity contribution in [2.24, 2.45) is 0 Å². The molecule has 0 aliphatic carbocycles. The van der Waals surface area contributed by atoms with Gasteiger partial charge in [-0.15, -0.1) is 0 Å². The van der Waals surface area contributed by atoms with Crippen LogP contribution >= 0.6 is 0 Å². The van der Waals surface area contributed by atoms with Crippen molar-refractivity contribution in [2.75, 3.05) is 19.8 Å². The van der Waals surface area contributed by atoms with Crippen LogP contribution in [0.5, 0.6) is 0 Å². The van der Waals surface area contributed by atoms with E-state index in [1.54, 1.807) is 0 Å². The number of carbonyl (C=O) groups is 2. The quantitative estimate of drug-likeness (QED) is 0.749. The lowest BCUT2D eigenvalue weighted by Gasteiger charge is -2.14. The van der Waals surface area contributed by atoms with Crippen LogP contribution in [0.3, 0.4) is 0 Å². The maximum absolute atomic E-state index is 12.8. The highest BCUT2D eigenvalue weighted by Crippen LogP contribution is 2.16. The van der Waals surface area contributed by atoms with Crippen LogP contribution in [-0.2, 0) is 14.3 Å². The molecule has 1 rings (SSSR count). The molecule has 0 saturated heterocycles. The second-order valence-corrected chi connectivity index (χ2v) is 4.35. The largest absolute Gasteiger partial charge is 0.481 e. The Kier molecular flexibility index (Phi) is 6.29. The minimum absolute atomic E-state index is 0.255. The maximum atomic E-state index is 12.8. The van der Waals surface area contributed by atoms with Crippen LogP contribution in [0.15, 0.2) is 24.3 Å². The Morgan fingerprint density at radius 1 is 1.23 bits per heavy atom. The molecule has 0 aliphatic rings. The van der Waals surface area contributed by atoms with Gasteiger partial charge in [0.05, 0.1) is 5.92 Å². The fraction of sp³-hybridized carbons (Fsp3) is 0.385. The van der Waals surface area contributed by atoms with E-state index in [1.165, 1.54) is 12.1 Å². The molecule has 0 radical (unpaired) electrons. The first-order valence-electron chi connectivity index (χ1n) is 6.08. The molecule has 22 heavy (non-hydrogen) atoms. The summed E-state index contributed by atoms with van der Waals surface area (Å²) < 4.78 is 52.4. The number of halogens is 4. The SMILES string of the molecule is O=C(COCC(F)(F)F)NCC(C(=O)O)c1ccc(F)cc1. The van der Waals surface area contributed by atoms with E-state index in [0.29, 0.717) is 0 Å². The highest BCUT2D eigenvalue weighted by atomic mass is 19.4. The third kappa shape index (κ3) is 6.53. The van der Waals surface area contributed by atoms with Gasteiger partial charge in [-0.1, -0.05) is 12.1 Å². The van der Waals surface area contributed by atoms with Gasteiger partial charge in [0.15, 0.2) is 0 Å². The monoisotopic (exact) mass is 323 g/mol. The minimum Gasteiger partial charge on any atom is -0.481 e. The molecule has 0 aliphatic heterocycles. The van der Waals surface area contributed by atoms with E-state index in [-0.39, 0.29) is 12.1 Å². The van der Waals surface area contributed by atoms with Crippen molar-refractivity contribution in [3.63, 3.8) is 0 Å². The summed E-state index contributed by atoms with van der Waals surface area (Å²) in [5.74, 6) is -3.83. The second-order valence-electron chi connectivity index (χ2n) is 4.35. The number of benzene rings is 1. The van der Waals surface area contributed by atoms with Gasteiger partial charge in [0.25, 0.3) is 0 Å². The molecule has 1 aromatic rings. The van der Waals surface area contributed by atoms with E-state index in [0.717, 1.165) is 12.1 Å². The van der Waals surface area contributed by atoms with Crippen LogP contribution in [0.25, 0.3) is 0 Å². The van der Waals surface area contributed by atoms with Gasteiger partial charge in [-0.3, -0.25) is 9.59 Å². The maximum Gasteiger partial charge on any atom is 0.411 e. The molecule has 9 heteroatoms. The topological polar surface area (TPSA) is 75.6 Å². The lowest BCUT2D eigenvalue weighted by Crippen LogP contribution is -2.35. The van der Waals surface area contributed by atoms with Gasteiger partial charge in [0, 0.05) is 6.54 Å². The molecule has 122 valence electrons. The van der Waals surface area contributed by atoms with E-state index < -0.39 is 43.0 Å². The Hall–Kier alpha value is -2.16. The first-order chi connectivity index (χ1) is 10.2. The summed E-state index contributed by atoms with van der Waals surface area (Å²) in [6.07, 6.45) is -4.54. The summed E-state index contributed by atoms with van der Waals surface area (Å²) >= 11 is 0. The summed E-state index contributed by atoms with van der Waals surface area (Å²) in [7, 11) is 0. The van der Waals surface area contributed by atoms with E-state index >= 15 is 0 Å². The predicted molar refractivity (Wildman–Crippen MR) is 66.7 cm³/mol. The van der Waals surface area contributed by atoms with Crippen molar-refractivity contribution in [1.82, 2.24) is 5.32 Å². The fourth-order valence-corrected chi connectivity index (χ4v) is 1.57. The van der Waals surface area contributed by atoms with Gasteiger partial charge in [-0.25, -0.2) is 4.39 Å². The highest BCUT2D eigenvalue weighted by Gasteiger charge is 2.28. The number of carboxylic acid groups (broad SMARTS) is 1. The molecular weight excluding hydrogens is 310 g/mol. The van der Waals surface area contributed by atoms with E-state index in [4.69, 9.17) is 5.11 Å². The van der Waals surface area contributed by atoms with Crippen LogP contribution in [0.2, 0.25) is 0 Å². The van der Waals surface area contributed by atoms with Crippen LogP contribution < -0.4 is 5.32 Å². The van der Waals surface area contributed by atoms with Crippen molar-refractivity contribution >= 4 is 11.9 Å². The first-order valence-corrected chi connectivity index (χ1v) is 6.08. The normalized spacial score (nSPS) is 12.7. The summed E-state index contributed by atoms with van der Waals surface area (Å²) in [5, 5.41) is 11.2. The lowest BCUT2D eigenvalue weighted by molar-refractivity contribution is -0.175. The minimum atomic E-state index is -4.54. The highest BCUT2D eigenvalue weighted by molar-refractivity contribution is 5.80. The Morgan fingerprint density at radius 3 is 2.32 bits per heavy atom. The number of aliphatic carboxylic acids is 1. The molecule has 0 saturated carbocycles. The standard InChI is InChI=1S/C13H13F4NO4/c14-9-3-1-8(2-4-9)10(12(20)21)5-18-11(19)6-22-7-13(15,16)17/h1-4,10H,5-7H2,(H,18,19)(H,20,21). The van der Waals surface area contributed by atoms with E-state index in [2.05, 4.69) is 10.1 Å². The molecular formula is C13H13F4NO4.